The number of hydrogen-bond acceptors (Lipinski definition) is 6. The van der Waals surface area contributed by atoms with Crippen LogP contribution in [0.5, 0.6) is 0 Å². The molecule has 3 aromatic rings. The van der Waals surface area contributed by atoms with Crippen LogP contribution in [0, 0.1) is 10.1 Å². The second kappa shape index (κ2) is 7.71. The molecule has 2 aromatic carbocycles. The number of anilines is 1. The first-order chi connectivity index (χ1) is 13.0. The molecule has 8 nitrogen and oxygen atoms in total. The van der Waals surface area contributed by atoms with Gasteiger partial charge in [0.15, 0.2) is 0 Å². The lowest BCUT2D eigenvalue weighted by molar-refractivity contribution is -0.384. The molecule has 1 aromatic heterocycles. The van der Waals surface area contributed by atoms with Crippen molar-refractivity contribution in [2.24, 2.45) is 5.10 Å². The Kier molecular flexibility index (Phi) is 5.18. The summed E-state index contributed by atoms with van der Waals surface area (Å²) in [6.07, 6.45) is 1.35. The van der Waals surface area contributed by atoms with Crippen molar-refractivity contribution in [3.63, 3.8) is 0 Å². The monoisotopic (exact) mass is 385 g/mol. The van der Waals surface area contributed by atoms with Crippen LogP contribution in [0.2, 0.25) is 5.02 Å². The molecule has 0 saturated heterocycles. The maximum atomic E-state index is 11.2. The van der Waals surface area contributed by atoms with Crippen LogP contribution >= 0.6 is 11.6 Å². The molecule has 0 aliphatic rings. The summed E-state index contributed by atoms with van der Waals surface area (Å²) in [5, 5.41) is 24.3. The fourth-order valence-electron chi connectivity index (χ4n) is 2.32. The predicted molar refractivity (Wildman–Crippen MR) is 100 cm³/mol. The molecule has 136 valence electrons. The first-order valence-corrected chi connectivity index (χ1v) is 7.99. The molecule has 0 fully saturated rings. The van der Waals surface area contributed by atoms with Crippen molar-refractivity contribution in [3.05, 3.63) is 81.1 Å². The predicted octanol–water partition coefficient (Wildman–Crippen LogP) is 4.65. The van der Waals surface area contributed by atoms with Gasteiger partial charge in [0.05, 0.1) is 27.4 Å². The molecule has 0 saturated carbocycles. The highest BCUT2D eigenvalue weighted by atomic mass is 35.5. The van der Waals surface area contributed by atoms with Crippen LogP contribution in [0.15, 0.2) is 64.1 Å². The van der Waals surface area contributed by atoms with Gasteiger partial charge in [-0.1, -0.05) is 23.7 Å². The summed E-state index contributed by atoms with van der Waals surface area (Å²) in [4.78, 5) is 21.5. The van der Waals surface area contributed by atoms with Gasteiger partial charge in [-0.3, -0.25) is 15.5 Å². The van der Waals surface area contributed by atoms with Crippen LogP contribution in [-0.2, 0) is 0 Å². The summed E-state index contributed by atoms with van der Waals surface area (Å²) in [6.45, 7) is 0. The van der Waals surface area contributed by atoms with Gasteiger partial charge in [0.2, 0.25) is 0 Å². The van der Waals surface area contributed by atoms with E-state index in [0.717, 1.165) is 0 Å². The largest absolute Gasteiger partial charge is 0.478 e. The number of carboxylic acid groups (broad SMARTS) is 1. The molecule has 0 atom stereocenters. The number of rotatable bonds is 6. The number of nitrogens with one attached hydrogen (secondary N) is 1. The van der Waals surface area contributed by atoms with Crippen molar-refractivity contribution < 1.29 is 19.2 Å². The van der Waals surface area contributed by atoms with E-state index in [-0.39, 0.29) is 11.3 Å². The fourth-order valence-corrected chi connectivity index (χ4v) is 2.53. The van der Waals surface area contributed by atoms with E-state index in [1.165, 1.54) is 30.5 Å². The zero-order valence-corrected chi connectivity index (χ0v) is 14.4. The number of para-hydroxylation sites is 1. The average molecular weight is 386 g/mol. The number of nitro groups is 1. The van der Waals surface area contributed by atoms with E-state index in [9.17, 15) is 14.9 Å². The number of halogens is 1. The van der Waals surface area contributed by atoms with E-state index < -0.39 is 10.9 Å². The topological polar surface area (TPSA) is 118 Å². The number of non-ortho nitro benzene ring substituents is 1. The first-order valence-electron chi connectivity index (χ1n) is 7.61. The maximum absolute atomic E-state index is 11.2. The number of aromatic carboxylic acids is 1. The third kappa shape index (κ3) is 4.13. The second-order valence-corrected chi connectivity index (χ2v) is 5.75. The minimum atomic E-state index is -1.08. The van der Waals surface area contributed by atoms with Crippen LogP contribution in [0.3, 0.4) is 0 Å². The van der Waals surface area contributed by atoms with Gasteiger partial charge in [-0.05, 0) is 30.3 Å². The van der Waals surface area contributed by atoms with E-state index in [1.807, 2.05) is 0 Å². The van der Waals surface area contributed by atoms with Gasteiger partial charge in [-0.25, -0.2) is 4.79 Å². The number of benzene rings is 2. The SMILES string of the molecule is O=C(O)c1ccccc1N/N=C/c1ccc(-c2cc([N+](=O)[O-])ccc2Cl)o1. The molecular weight excluding hydrogens is 374 g/mol. The zero-order valence-electron chi connectivity index (χ0n) is 13.6. The highest BCUT2D eigenvalue weighted by Crippen LogP contribution is 2.32. The minimum Gasteiger partial charge on any atom is -0.478 e. The van der Waals surface area contributed by atoms with Crippen LogP contribution in [0.4, 0.5) is 11.4 Å². The number of furan rings is 1. The molecule has 0 radical (unpaired) electrons. The molecule has 0 unspecified atom stereocenters. The third-order valence-electron chi connectivity index (χ3n) is 3.59. The molecule has 1 heterocycles. The maximum Gasteiger partial charge on any atom is 0.337 e. The van der Waals surface area contributed by atoms with Gasteiger partial charge in [0.1, 0.15) is 11.5 Å². The summed E-state index contributed by atoms with van der Waals surface area (Å²) < 4.78 is 5.59. The Hall–Kier alpha value is -3.65. The van der Waals surface area contributed by atoms with E-state index in [2.05, 4.69) is 10.5 Å². The van der Waals surface area contributed by atoms with Crippen LogP contribution in [0.25, 0.3) is 11.3 Å². The molecule has 3 rings (SSSR count). The fraction of sp³-hybridized carbons (Fsp3) is 0. The van der Waals surface area contributed by atoms with E-state index >= 15 is 0 Å². The van der Waals surface area contributed by atoms with Gasteiger partial charge < -0.3 is 9.52 Å². The molecular formula is C18H12ClN3O5. The van der Waals surface area contributed by atoms with E-state index in [0.29, 0.717) is 27.8 Å². The number of carboxylic acids is 1. The highest BCUT2D eigenvalue weighted by molar-refractivity contribution is 6.33. The Morgan fingerprint density at radius 2 is 2.00 bits per heavy atom. The Labute approximate surface area is 157 Å². The second-order valence-electron chi connectivity index (χ2n) is 5.34. The number of hydrogen-bond donors (Lipinski definition) is 2. The summed E-state index contributed by atoms with van der Waals surface area (Å²) in [5.74, 6) is -0.377. The van der Waals surface area contributed by atoms with Crippen molar-refractivity contribution in [2.75, 3.05) is 5.43 Å². The van der Waals surface area contributed by atoms with Crippen molar-refractivity contribution >= 4 is 35.2 Å². The smallest absolute Gasteiger partial charge is 0.337 e. The van der Waals surface area contributed by atoms with E-state index in [4.69, 9.17) is 21.1 Å². The lowest BCUT2D eigenvalue weighted by Gasteiger charge is -2.03. The number of hydrazone groups is 1. The molecule has 27 heavy (non-hydrogen) atoms. The van der Waals surface area contributed by atoms with Crippen LogP contribution in [-0.4, -0.2) is 22.2 Å². The Morgan fingerprint density at radius 3 is 2.74 bits per heavy atom. The van der Waals surface area contributed by atoms with Crippen LogP contribution < -0.4 is 5.43 Å². The minimum absolute atomic E-state index is 0.0816. The summed E-state index contributed by atoms with van der Waals surface area (Å²) >= 11 is 6.09. The lowest BCUT2D eigenvalue weighted by atomic mass is 10.1. The zero-order chi connectivity index (χ0) is 19.4. The van der Waals surface area contributed by atoms with Gasteiger partial charge in [0.25, 0.3) is 5.69 Å². The lowest BCUT2D eigenvalue weighted by Crippen LogP contribution is -2.01. The molecule has 0 bridgehead atoms. The molecule has 2 N–H and O–H groups in total. The quantitative estimate of drug-likeness (QED) is 0.362. The molecule has 0 aliphatic heterocycles. The van der Waals surface area contributed by atoms with Gasteiger partial charge in [-0.2, -0.15) is 5.10 Å². The highest BCUT2D eigenvalue weighted by Gasteiger charge is 2.14. The van der Waals surface area contributed by atoms with Crippen molar-refractivity contribution in [3.8, 4) is 11.3 Å². The third-order valence-corrected chi connectivity index (χ3v) is 3.92. The standard InChI is InChI=1S/C18H12ClN3O5/c19-15-7-5-11(22(25)26)9-14(15)17-8-6-12(27-17)10-20-21-16-4-2-1-3-13(16)18(23)24/h1-10,21H,(H,23,24)/b20-10+. The van der Waals surface area contributed by atoms with Crippen LogP contribution in [0.1, 0.15) is 16.1 Å². The van der Waals surface area contributed by atoms with E-state index in [1.54, 1.807) is 30.3 Å². The Morgan fingerprint density at radius 1 is 1.22 bits per heavy atom. The molecule has 0 spiro atoms. The molecule has 9 heteroatoms. The average Bonchev–Trinajstić information content (AvgIpc) is 3.11. The number of nitrogens with zero attached hydrogens (tertiary/aromatic N) is 2. The van der Waals surface area contributed by atoms with Gasteiger partial charge >= 0.3 is 5.97 Å². The first kappa shape index (κ1) is 18.2. The molecule has 0 amide bonds. The number of nitro benzene ring substituents is 1. The Balaban J connectivity index is 1.79. The molecule has 0 aliphatic carbocycles. The normalized spacial score (nSPS) is 10.9. The van der Waals surface area contributed by atoms with Crippen molar-refractivity contribution in [1.29, 1.82) is 0 Å². The van der Waals surface area contributed by atoms with Gasteiger partial charge in [0, 0.05) is 17.7 Å². The summed E-state index contributed by atoms with van der Waals surface area (Å²) in [7, 11) is 0. The van der Waals surface area contributed by atoms with Crippen molar-refractivity contribution in [1.82, 2.24) is 0 Å². The summed E-state index contributed by atoms with van der Waals surface area (Å²) in [5.41, 5.74) is 3.33. The summed E-state index contributed by atoms with van der Waals surface area (Å²) in [6, 6.07) is 13.6. The van der Waals surface area contributed by atoms with Gasteiger partial charge in [-0.15, -0.1) is 0 Å². The number of carbonyl (C=O) groups is 1. The van der Waals surface area contributed by atoms with Crippen molar-refractivity contribution in [2.45, 2.75) is 0 Å². The Bertz CT molecular complexity index is 1040.